The van der Waals surface area contributed by atoms with Gasteiger partial charge in [-0.05, 0) is 16.3 Å². The SMILES string of the molecule is ClCc1cccc2ccccc12.O. The summed E-state index contributed by atoms with van der Waals surface area (Å²) in [5, 5.41) is 2.52. The molecule has 0 atom stereocenters. The van der Waals surface area contributed by atoms with Crippen molar-refractivity contribution < 1.29 is 5.48 Å². The van der Waals surface area contributed by atoms with Crippen LogP contribution < -0.4 is 0 Å². The summed E-state index contributed by atoms with van der Waals surface area (Å²) in [6.45, 7) is 0. The Hall–Kier alpha value is -1.05. The summed E-state index contributed by atoms with van der Waals surface area (Å²) in [7, 11) is 0. The van der Waals surface area contributed by atoms with Gasteiger partial charge in [0.1, 0.15) is 0 Å². The monoisotopic (exact) mass is 194 g/mol. The van der Waals surface area contributed by atoms with Crippen LogP contribution in [0.3, 0.4) is 0 Å². The normalized spacial score (nSPS) is 9.62. The van der Waals surface area contributed by atoms with Crippen molar-refractivity contribution >= 4 is 22.4 Å². The molecule has 0 spiro atoms. The molecule has 0 unspecified atom stereocenters. The van der Waals surface area contributed by atoms with Crippen LogP contribution in [0.1, 0.15) is 5.56 Å². The van der Waals surface area contributed by atoms with Crippen LogP contribution in [0.4, 0.5) is 0 Å². The lowest BCUT2D eigenvalue weighted by molar-refractivity contribution is 0.824. The fraction of sp³-hybridized carbons (Fsp3) is 0.0909. The smallest absolute Gasteiger partial charge is 0.0480 e. The van der Waals surface area contributed by atoms with E-state index >= 15 is 0 Å². The zero-order chi connectivity index (χ0) is 8.39. The molecule has 2 heteroatoms. The van der Waals surface area contributed by atoms with Gasteiger partial charge in [0.15, 0.2) is 0 Å². The number of fused-ring (bicyclic) bond motifs is 1. The molecule has 0 aliphatic rings. The van der Waals surface area contributed by atoms with E-state index in [1.807, 2.05) is 18.2 Å². The first-order valence-electron chi connectivity index (χ1n) is 3.94. The van der Waals surface area contributed by atoms with Crippen molar-refractivity contribution in [2.24, 2.45) is 0 Å². The third-order valence-corrected chi connectivity index (χ3v) is 2.31. The van der Waals surface area contributed by atoms with Crippen molar-refractivity contribution in [3.63, 3.8) is 0 Å². The summed E-state index contributed by atoms with van der Waals surface area (Å²) in [6, 6.07) is 14.5. The van der Waals surface area contributed by atoms with E-state index in [-0.39, 0.29) is 5.48 Å². The Kier molecular flexibility index (Phi) is 3.29. The number of hydrogen-bond acceptors (Lipinski definition) is 0. The van der Waals surface area contributed by atoms with Crippen molar-refractivity contribution in [2.45, 2.75) is 5.88 Å². The van der Waals surface area contributed by atoms with Crippen molar-refractivity contribution in [1.29, 1.82) is 0 Å². The fourth-order valence-corrected chi connectivity index (χ4v) is 1.64. The summed E-state index contributed by atoms with van der Waals surface area (Å²) in [5.74, 6) is 0.585. The van der Waals surface area contributed by atoms with Crippen LogP contribution in [-0.2, 0) is 5.88 Å². The molecule has 0 saturated carbocycles. The zero-order valence-corrected chi connectivity index (χ0v) is 7.88. The summed E-state index contributed by atoms with van der Waals surface area (Å²) in [4.78, 5) is 0. The molecule has 2 aromatic rings. The van der Waals surface area contributed by atoms with E-state index in [4.69, 9.17) is 11.6 Å². The van der Waals surface area contributed by atoms with E-state index in [1.54, 1.807) is 0 Å². The zero-order valence-electron chi connectivity index (χ0n) is 7.13. The van der Waals surface area contributed by atoms with E-state index in [2.05, 4.69) is 24.3 Å². The minimum atomic E-state index is 0. The second-order valence-electron chi connectivity index (χ2n) is 2.77. The largest absolute Gasteiger partial charge is 0.412 e. The molecule has 0 aromatic heterocycles. The topological polar surface area (TPSA) is 31.5 Å². The maximum Gasteiger partial charge on any atom is 0.0480 e. The molecule has 2 N–H and O–H groups in total. The molecular formula is C11H11ClO. The Balaban J connectivity index is 0.000000845. The van der Waals surface area contributed by atoms with Crippen molar-refractivity contribution in [2.75, 3.05) is 0 Å². The van der Waals surface area contributed by atoms with Gasteiger partial charge in [-0.3, -0.25) is 0 Å². The van der Waals surface area contributed by atoms with Crippen molar-refractivity contribution in [3.05, 3.63) is 48.0 Å². The highest BCUT2D eigenvalue weighted by molar-refractivity contribution is 6.18. The highest BCUT2D eigenvalue weighted by Gasteiger charge is 1.96. The predicted molar refractivity (Wildman–Crippen MR) is 57.1 cm³/mol. The highest BCUT2D eigenvalue weighted by atomic mass is 35.5. The Morgan fingerprint density at radius 1 is 0.923 bits per heavy atom. The standard InChI is InChI=1S/C11H9Cl.H2O/c12-8-10-6-3-5-9-4-1-2-7-11(9)10;/h1-7H,8H2;1H2. The van der Waals surface area contributed by atoms with E-state index in [9.17, 15) is 0 Å². The first-order valence-corrected chi connectivity index (χ1v) is 4.48. The maximum absolute atomic E-state index is 5.81. The lowest BCUT2D eigenvalue weighted by Gasteiger charge is -2.01. The molecule has 0 saturated heterocycles. The van der Waals surface area contributed by atoms with Crippen LogP contribution in [-0.4, -0.2) is 5.48 Å². The number of benzene rings is 2. The molecule has 1 nitrogen and oxygen atoms in total. The van der Waals surface area contributed by atoms with Gasteiger partial charge in [0.05, 0.1) is 0 Å². The Bertz CT molecular complexity index is 393. The Labute approximate surface area is 82.3 Å². The van der Waals surface area contributed by atoms with Crippen LogP contribution in [0.25, 0.3) is 10.8 Å². The molecular weight excluding hydrogens is 184 g/mol. The molecule has 0 radical (unpaired) electrons. The van der Waals surface area contributed by atoms with Gasteiger partial charge in [0, 0.05) is 5.88 Å². The third-order valence-electron chi connectivity index (χ3n) is 2.02. The average Bonchev–Trinajstić information content (AvgIpc) is 2.17. The predicted octanol–water partition coefficient (Wildman–Crippen LogP) is 2.75. The molecule has 0 fully saturated rings. The minimum absolute atomic E-state index is 0. The fourth-order valence-electron chi connectivity index (χ4n) is 1.41. The summed E-state index contributed by atoms with van der Waals surface area (Å²) in [6.07, 6.45) is 0. The number of alkyl halides is 1. The Morgan fingerprint density at radius 2 is 1.62 bits per heavy atom. The van der Waals surface area contributed by atoms with Gasteiger partial charge in [-0.15, -0.1) is 11.6 Å². The second kappa shape index (κ2) is 4.26. The van der Waals surface area contributed by atoms with Gasteiger partial charge in [0.25, 0.3) is 0 Å². The minimum Gasteiger partial charge on any atom is -0.412 e. The molecule has 0 aliphatic heterocycles. The lowest BCUT2D eigenvalue weighted by atomic mass is 10.1. The van der Waals surface area contributed by atoms with Gasteiger partial charge in [0.2, 0.25) is 0 Å². The molecule has 2 aromatic carbocycles. The van der Waals surface area contributed by atoms with E-state index in [1.165, 1.54) is 16.3 Å². The molecule has 2 rings (SSSR count). The molecule has 0 heterocycles. The van der Waals surface area contributed by atoms with Gasteiger partial charge in [-0.2, -0.15) is 0 Å². The maximum atomic E-state index is 5.81. The number of rotatable bonds is 1. The van der Waals surface area contributed by atoms with Gasteiger partial charge >= 0.3 is 0 Å². The van der Waals surface area contributed by atoms with Crippen molar-refractivity contribution in [3.8, 4) is 0 Å². The molecule has 0 bridgehead atoms. The van der Waals surface area contributed by atoms with Gasteiger partial charge in [-0.1, -0.05) is 42.5 Å². The van der Waals surface area contributed by atoms with Crippen molar-refractivity contribution in [1.82, 2.24) is 0 Å². The number of halogens is 1. The molecule has 0 amide bonds. The summed E-state index contributed by atoms with van der Waals surface area (Å²) < 4.78 is 0. The highest BCUT2D eigenvalue weighted by Crippen LogP contribution is 2.19. The van der Waals surface area contributed by atoms with E-state index in [0.29, 0.717) is 5.88 Å². The lowest BCUT2D eigenvalue weighted by Crippen LogP contribution is -1.79. The molecule has 0 aliphatic carbocycles. The Morgan fingerprint density at radius 3 is 2.38 bits per heavy atom. The molecule has 13 heavy (non-hydrogen) atoms. The first kappa shape index (κ1) is 10.0. The summed E-state index contributed by atoms with van der Waals surface area (Å²) >= 11 is 5.81. The van der Waals surface area contributed by atoms with Crippen LogP contribution in [0.15, 0.2) is 42.5 Å². The molecule has 68 valence electrons. The van der Waals surface area contributed by atoms with Crippen LogP contribution in [0.2, 0.25) is 0 Å². The average molecular weight is 195 g/mol. The van der Waals surface area contributed by atoms with Crippen LogP contribution in [0, 0.1) is 0 Å². The van der Waals surface area contributed by atoms with Crippen LogP contribution in [0.5, 0.6) is 0 Å². The van der Waals surface area contributed by atoms with Gasteiger partial charge < -0.3 is 5.48 Å². The van der Waals surface area contributed by atoms with E-state index < -0.39 is 0 Å². The third kappa shape index (κ3) is 1.82. The summed E-state index contributed by atoms with van der Waals surface area (Å²) in [5.41, 5.74) is 1.20. The van der Waals surface area contributed by atoms with Gasteiger partial charge in [-0.25, -0.2) is 0 Å². The second-order valence-corrected chi connectivity index (χ2v) is 3.04. The quantitative estimate of drug-likeness (QED) is 0.626. The number of hydrogen-bond donors (Lipinski definition) is 0. The first-order chi connectivity index (χ1) is 5.92. The van der Waals surface area contributed by atoms with Crippen LogP contribution >= 0.6 is 11.6 Å². The van der Waals surface area contributed by atoms with E-state index in [0.717, 1.165) is 0 Å².